The third-order valence-corrected chi connectivity index (χ3v) is 5.81. The number of rotatable bonds is 3. The molecule has 0 aliphatic rings. The lowest BCUT2D eigenvalue weighted by molar-refractivity contribution is 0.483. The summed E-state index contributed by atoms with van der Waals surface area (Å²) in [5.41, 5.74) is 3.68. The summed E-state index contributed by atoms with van der Waals surface area (Å²) in [7, 11) is -4.02. The standard InChI is InChI=1S/C13H11I.C7H8O3S/c14-13(11-7-3-1-4-8-11)12-9-5-2-6-10-12;1-6-2-4-7(5-3-6)11(8,9)10/h1-10,13H;2-5H,1H3,(H,8,9,10). The van der Waals surface area contributed by atoms with Crippen molar-refractivity contribution in [3.8, 4) is 0 Å². The van der Waals surface area contributed by atoms with Crippen LogP contribution in [0.1, 0.15) is 20.6 Å². The Kier molecular flexibility index (Phi) is 7.16. The summed E-state index contributed by atoms with van der Waals surface area (Å²) >= 11 is 2.47. The molecule has 0 aliphatic carbocycles. The summed E-state index contributed by atoms with van der Waals surface area (Å²) in [5.74, 6) is 0. The molecule has 0 radical (unpaired) electrons. The highest BCUT2D eigenvalue weighted by molar-refractivity contribution is 14.1. The highest BCUT2D eigenvalue weighted by Crippen LogP contribution is 2.30. The number of aryl methyl sites for hydroxylation is 1. The molecule has 0 atom stereocenters. The Balaban J connectivity index is 0.000000186. The normalized spacial score (nSPS) is 10.9. The minimum atomic E-state index is -4.02. The minimum absolute atomic E-state index is 0.0666. The van der Waals surface area contributed by atoms with Gasteiger partial charge in [0.05, 0.1) is 8.82 Å². The van der Waals surface area contributed by atoms with Gasteiger partial charge < -0.3 is 0 Å². The SMILES string of the molecule is Cc1ccc(S(=O)(=O)O)cc1.IC(c1ccccc1)c1ccccc1. The van der Waals surface area contributed by atoms with Crippen molar-refractivity contribution in [3.05, 3.63) is 102 Å². The second kappa shape index (κ2) is 9.12. The third-order valence-electron chi connectivity index (χ3n) is 3.50. The Morgan fingerprint density at radius 3 is 1.52 bits per heavy atom. The van der Waals surface area contributed by atoms with E-state index in [-0.39, 0.29) is 4.90 Å². The Morgan fingerprint density at radius 1 is 0.760 bits per heavy atom. The van der Waals surface area contributed by atoms with E-state index >= 15 is 0 Å². The van der Waals surface area contributed by atoms with Crippen molar-refractivity contribution >= 4 is 32.7 Å². The van der Waals surface area contributed by atoms with Gasteiger partial charge in [0.25, 0.3) is 10.1 Å². The summed E-state index contributed by atoms with van der Waals surface area (Å²) in [4.78, 5) is -0.0666. The van der Waals surface area contributed by atoms with Gasteiger partial charge in [-0.05, 0) is 30.2 Å². The second-order valence-corrected chi connectivity index (χ2v) is 8.14. The van der Waals surface area contributed by atoms with Gasteiger partial charge >= 0.3 is 0 Å². The van der Waals surface area contributed by atoms with Crippen LogP contribution >= 0.6 is 22.6 Å². The molecule has 0 saturated heterocycles. The highest BCUT2D eigenvalue weighted by Gasteiger charge is 2.08. The molecule has 3 aromatic rings. The van der Waals surface area contributed by atoms with E-state index in [1.807, 2.05) is 6.92 Å². The molecule has 3 rings (SSSR count). The maximum Gasteiger partial charge on any atom is 0.294 e. The minimum Gasteiger partial charge on any atom is -0.282 e. The van der Waals surface area contributed by atoms with Gasteiger partial charge in [0.1, 0.15) is 0 Å². The third kappa shape index (κ3) is 6.26. The molecule has 5 heteroatoms. The topological polar surface area (TPSA) is 54.4 Å². The Bertz CT molecular complexity index is 838. The monoisotopic (exact) mass is 466 g/mol. The Morgan fingerprint density at radius 2 is 1.16 bits per heavy atom. The number of benzene rings is 3. The van der Waals surface area contributed by atoms with Gasteiger partial charge in [0.15, 0.2) is 0 Å². The van der Waals surface area contributed by atoms with Gasteiger partial charge in [-0.2, -0.15) is 8.42 Å². The van der Waals surface area contributed by atoms with E-state index in [0.717, 1.165) is 5.56 Å². The van der Waals surface area contributed by atoms with Crippen molar-refractivity contribution in [1.82, 2.24) is 0 Å². The predicted octanol–water partition coefficient (Wildman–Crippen LogP) is 5.45. The number of halogens is 1. The molecule has 0 saturated carbocycles. The first-order valence-corrected chi connectivity index (χ1v) is 10.3. The lowest BCUT2D eigenvalue weighted by Crippen LogP contribution is -1.96. The molecule has 0 fully saturated rings. The van der Waals surface area contributed by atoms with Gasteiger partial charge in [0, 0.05) is 0 Å². The molecule has 0 spiro atoms. The van der Waals surface area contributed by atoms with E-state index in [2.05, 4.69) is 83.3 Å². The van der Waals surface area contributed by atoms with Gasteiger partial charge in [-0.1, -0.05) is 101 Å². The van der Waals surface area contributed by atoms with Gasteiger partial charge in [-0.3, -0.25) is 4.55 Å². The first kappa shape index (κ1) is 19.6. The summed E-state index contributed by atoms with van der Waals surface area (Å²) in [6, 6.07) is 27.1. The van der Waals surface area contributed by atoms with E-state index < -0.39 is 10.1 Å². The van der Waals surface area contributed by atoms with E-state index in [1.54, 1.807) is 12.1 Å². The molecule has 0 aliphatic heterocycles. The molecular weight excluding hydrogens is 447 g/mol. The fourth-order valence-electron chi connectivity index (χ4n) is 2.15. The lowest BCUT2D eigenvalue weighted by atomic mass is 10.1. The van der Waals surface area contributed by atoms with Crippen molar-refractivity contribution in [2.75, 3.05) is 0 Å². The van der Waals surface area contributed by atoms with Crippen molar-refractivity contribution in [2.24, 2.45) is 0 Å². The molecular formula is C20H19IO3S. The summed E-state index contributed by atoms with van der Waals surface area (Å²) in [5, 5.41) is 0. The maximum atomic E-state index is 10.5. The van der Waals surface area contributed by atoms with E-state index in [1.165, 1.54) is 23.3 Å². The van der Waals surface area contributed by atoms with Crippen molar-refractivity contribution in [2.45, 2.75) is 15.7 Å². The summed E-state index contributed by atoms with van der Waals surface area (Å²) in [6.07, 6.45) is 0. The van der Waals surface area contributed by atoms with Crippen LogP contribution in [0.4, 0.5) is 0 Å². The van der Waals surface area contributed by atoms with E-state index in [0.29, 0.717) is 3.92 Å². The van der Waals surface area contributed by atoms with Crippen LogP contribution in [0, 0.1) is 6.92 Å². The Labute approximate surface area is 162 Å². The largest absolute Gasteiger partial charge is 0.294 e. The molecule has 0 aromatic heterocycles. The average Bonchev–Trinajstić information content (AvgIpc) is 2.63. The molecule has 1 N–H and O–H groups in total. The molecule has 0 unspecified atom stereocenters. The molecule has 25 heavy (non-hydrogen) atoms. The molecule has 130 valence electrons. The highest BCUT2D eigenvalue weighted by atomic mass is 127. The quantitative estimate of drug-likeness (QED) is 0.317. The van der Waals surface area contributed by atoms with Crippen molar-refractivity contribution < 1.29 is 13.0 Å². The van der Waals surface area contributed by atoms with Crippen LogP contribution in [0.5, 0.6) is 0 Å². The first-order valence-electron chi connectivity index (χ1n) is 7.66. The Hall–Kier alpha value is -1.70. The van der Waals surface area contributed by atoms with Gasteiger partial charge in [-0.15, -0.1) is 0 Å². The zero-order chi connectivity index (χ0) is 18.3. The first-order chi connectivity index (χ1) is 11.9. The molecule has 3 aromatic carbocycles. The zero-order valence-electron chi connectivity index (χ0n) is 13.7. The van der Waals surface area contributed by atoms with Crippen LogP contribution in [0.25, 0.3) is 0 Å². The fourth-order valence-corrected chi connectivity index (χ4v) is 3.46. The average molecular weight is 466 g/mol. The van der Waals surface area contributed by atoms with Gasteiger partial charge in [-0.25, -0.2) is 0 Å². The van der Waals surface area contributed by atoms with Crippen LogP contribution in [0.3, 0.4) is 0 Å². The van der Waals surface area contributed by atoms with Crippen LogP contribution in [-0.4, -0.2) is 13.0 Å². The zero-order valence-corrected chi connectivity index (χ0v) is 16.7. The van der Waals surface area contributed by atoms with Crippen LogP contribution in [-0.2, 0) is 10.1 Å². The molecule has 0 amide bonds. The van der Waals surface area contributed by atoms with Crippen molar-refractivity contribution in [3.63, 3.8) is 0 Å². The molecule has 0 bridgehead atoms. The van der Waals surface area contributed by atoms with Crippen LogP contribution in [0.15, 0.2) is 89.8 Å². The lowest BCUT2D eigenvalue weighted by Gasteiger charge is -2.09. The van der Waals surface area contributed by atoms with Crippen molar-refractivity contribution in [1.29, 1.82) is 0 Å². The predicted molar refractivity (Wildman–Crippen MR) is 110 cm³/mol. The molecule has 3 nitrogen and oxygen atoms in total. The van der Waals surface area contributed by atoms with Crippen LogP contribution in [0.2, 0.25) is 0 Å². The van der Waals surface area contributed by atoms with E-state index in [4.69, 9.17) is 4.55 Å². The number of hydrogen-bond donors (Lipinski definition) is 1. The summed E-state index contributed by atoms with van der Waals surface area (Å²) < 4.78 is 30.0. The molecule has 0 heterocycles. The summed E-state index contributed by atoms with van der Waals surface area (Å²) in [6.45, 7) is 1.84. The maximum absolute atomic E-state index is 10.5. The van der Waals surface area contributed by atoms with Crippen LogP contribution < -0.4 is 0 Å². The van der Waals surface area contributed by atoms with Gasteiger partial charge in [0.2, 0.25) is 0 Å². The van der Waals surface area contributed by atoms with E-state index in [9.17, 15) is 8.42 Å². The fraction of sp³-hybridized carbons (Fsp3) is 0.100. The smallest absolute Gasteiger partial charge is 0.282 e. The second-order valence-electron chi connectivity index (χ2n) is 5.47. The number of alkyl halides is 1. The number of hydrogen-bond acceptors (Lipinski definition) is 2.